The smallest absolute Gasteiger partial charge is 0.191 e. The van der Waals surface area contributed by atoms with E-state index in [0.29, 0.717) is 5.92 Å². The van der Waals surface area contributed by atoms with Crippen molar-refractivity contribution in [2.45, 2.75) is 46.1 Å². The number of likely N-dealkylation sites (tertiary alicyclic amines) is 1. The van der Waals surface area contributed by atoms with Crippen LogP contribution in [0.2, 0.25) is 0 Å². The van der Waals surface area contributed by atoms with Crippen LogP contribution in [-0.4, -0.2) is 43.6 Å². The van der Waals surface area contributed by atoms with E-state index >= 15 is 0 Å². The molecule has 1 aliphatic rings. The van der Waals surface area contributed by atoms with Crippen LogP contribution in [-0.2, 0) is 0 Å². The fourth-order valence-corrected chi connectivity index (χ4v) is 2.93. The van der Waals surface area contributed by atoms with Gasteiger partial charge in [-0.1, -0.05) is 20.3 Å². The van der Waals surface area contributed by atoms with Gasteiger partial charge in [-0.25, -0.2) is 0 Å². The standard InChI is InChI=1S/C18H32N4O/c1-4-19-18(20-13-15(2)3)21-14-16(17-9-8-12-23-17)22-10-6-5-7-11-22/h8-9,12,15-16H,4-7,10-11,13-14H2,1-3H3,(H2,19,20,21). The number of hydrogen-bond donors (Lipinski definition) is 2. The van der Waals surface area contributed by atoms with Crippen molar-refractivity contribution in [3.05, 3.63) is 24.2 Å². The van der Waals surface area contributed by atoms with E-state index in [0.717, 1.165) is 44.4 Å². The Balaban J connectivity index is 2.00. The first kappa shape index (κ1) is 17.9. The highest BCUT2D eigenvalue weighted by atomic mass is 16.3. The Morgan fingerprint density at radius 1 is 1.26 bits per heavy atom. The lowest BCUT2D eigenvalue weighted by atomic mass is 10.1. The van der Waals surface area contributed by atoms with Crippen molar-refractivity contribution in [3.8, 4) is 0 Å². The molecule has 2 heterocycles. The molecule has 1 atom stereocenters. The van der Waals surface area contributed by atoms with Crippen LogP contribution >= 0.6 is 0 Å². The van der Waals surface area contributed by atoms with Crippen molar-refractivity contribution in [3.63, 3.8) is 0 Å². The van der Waals surface area contributed by atoms with E-state index in [1.165, 1.54) is 19.3 Å². The van der Waals surface area contributed by atoms with Crippen LogP contribution in [0.25, 0.3) is 0 Å². The van der Waals surface area contributed by atoms with Crippen molar-refractivity contribution in [2.75, 3.05) is 32.7 Å². The van der Waals surface area contributed by atoms with Gasteiger partial charge in [-0.15, -0.1) is 0 Å². The molecule has 0 amide bonds. The zero-order valence-electron chi connectivity index (χ0n) is 14.8. The average Bonchev–Trinajstić information content (AvgIpc) is 3.08. The Bertz CT molecular complexity index is 450. The minimum atomic E-state index is 0.271. The molecule has 1 aromatic rings. The normalized spacial score (nSPS) is 18.2. The van der Waals surface area contributed by atoms with Gasteiger partial charge in [0, 0.05) is 19.6 Å². The molecule has 1 aromatic heterocycles. The van der Waals surface area contributed by atoms with E-state index in [9.17, 15) is 0 Å². The Kier molecular flexibility index (Phi) is 7.46. The van der Waals surface area contributed by atoms with Gasteiger partial charge in [-0.3, -0.25) is 9.89 Å². The van der Waals surface area contributed by atoms with Crippen LogP contribution in [0.4, 0.5) is 0 Å². The molecule has 5 heteroatoms. The van der Waals surface area contributed by atoms with Gasteiger partial charge >= 0.3 is 0 Å². The molecule has 130 valence electrons. The van der Waals surface area contributed by atoms with Crippen molar-refractivity contribution >= 4 is 5.96 Å². The lowest BCUT2D eigenvalue weighted by molar-refractivity contribution is 0.146. The molecule has 0 saturated carbocycles. The highest BCUT2D eigenvalue weighted by Crippen LogP contribution is 2.24. The predicted molar refractivity (Wildman–Crippen MR) is 95.7 cm³/mol. The van der Waals surface area contributed by atoms with Crippen LogP contribution in [0.15, 0.2) is 27.8 Å². The quantitative estimate of drug-likeness (QED) is 0.599. The molecule has 5 nitrogen and oxygen atoms in total. The topological polar surface area (TPSA) is 52.8 Å². The lowest BCUT2D eigenvalue weighted by Gasteiger charge is -2.33. The highest BCUT2D eigenvalue weighted by Gasteiger charge is 2.24. The summed E-state index contributed by atoms with van der Waals surface area (Å²) < 4.78 is 5.70. The lowest BCUT2D eigenvalue weighted by Crippen LogP contribution is -2.44. The molecular formula is C18H32N4O. The van der Waals surface area contributed by atoms with Crippen LogP contribution in [0.5, 0.6) is 0 Å². The van der Waals surface area contributed by atoms with E-state index in [2.05, 4.69) is 47.4 Å². The Morgan fingerprint density at radius 3 is 2.65 bits per heavy atom. The van der Waals surface area contributed by atoms with Gasteiger partial charge in [0.25, 0.3) is 0 Å². The molecule has 0 radical (unpaired) electrons. The van der Waals surface area contributed by atoms with E-state index in [-0.39, 0.29) is 6.04 Å². The van der Waals surface area contributed by atoms with Crippen LogP contribution < -0.4 is 10.6 Å². The first-order valence-corrected chi connectivity index (χ1v) is 9.00. The molecule has 1 aliphatic heterocycles. The van der Waals surface area contributed by atoms with Gasteiger partial charge < -0.3 is 15.1 Å². The molecule has 1 unspecified atom stereocenters. The number of piperidine rings is 1. The van der Waals surface area contributed by atoms with Crippen molar-refractivity contribution in [1.82, 2.24) is 15.5 Å². The number of nitrogens with one attached hydrogen (secondary N) is 2. The minimum Gasteiger partial charge on any atom is -0.468 e. The molecule has 2 rings (SSSR count). The van der Waals surface area contributed by atoms with E-state index in [1.807, 2.05) is 6.07 Å². The first-order chi connectivity index (χ1) is 11.2. The number of nitrogens with zero attached hydrogens (tertiary/aromatic N) is 2. The Labute approximate surface area is 140 Å². The van der Waals surface area contributed by atoms with E-state index in [4.69, 9.17) is 4.42 Å². The van der Waals surface area contributed by atoms with Gasteiger partial charge in [0.2, 0.25) is 0 Å². The third kappa shape index (κ3) is 5.90. The van der Waals surface area contributed by atoms with E-state index < -0.39 is 0 Å². The molecule has 0 spiro atoms. The second-order valence-electron chi connectivity index (χ2n) is 6.62. The third-order valence-corrected chi connectivity index (χ3v) is 4.12. The minimum absolute atomic E-state index is 0.271. The SMILES string of the molecule is CCNC(=NCC(C)C)NCC(c1ccco1)N1CCCCC1. The fraction of sp³-hybridized carbons (Fsp3) is 0.722. The summed E-state index contributed by atoms with van der Waals surface area (Å²) in [6.07, 6.45) is 5.66. The maximum absolute atomic E-state index is 5.70. The zero-order valence-corrected chi connectivity index (χ0v) is 14.8. The number of rotatable bonds is 7. The van der Waals surface area contributed by atoms with Gasteiger partial charge in [-0.2, -0.15) is 0 Å². The highest BCUT2D eigenvalue weighted by molar-refractivity contribution is 5.79. The molecule has 1 fully saturated rings. The summed E-state index contributed by atoms with van der Waals surface area (Å²) in [5.74, 6) is 2.50. The van der Waals surface area contributed by atoms with Gasteiger partial charge in [0.15, 0.2) is 5.96 Å². The maximum Gasteiger partial charge on any atom is 0.191 e. The largest absolute Gasteiger partial charge is 0.468 e. The summed E-state index contributed by atoms with van der Waals surface area (Å²) in [4.78, 5) is 7.19. The van der Waals surface area contributed by atoms with Crippen molar-refractivity contribution in [2.24, 2.45) is 10.9 Å². The maximum atomic E-state index is 5.70. The van der Waals surface area contributed by atoms with Crippen molar-refractivity contribution in [1.29, 1.82) is 0 Å². The van der Waals surface area contributed by atoms with Gasteiger partial charge in [0.1, 0.15) is 5.76 Å². The molecule has 0 aromatic carbocycles. The predicted octanol–water partition coefficient (Wildman–Crippen LogP) is 3.02. The second kappa shape index (κ2) is 9.60. The summed E-state index contributed by atoms with van der Waals surface area (Å²) in [5, 5.41) is 6.83. The molecule has 0 aliphatic carbocycles. The number of hydrogen-bond acceptors (Lipinski definition) is 3. The zero-order chi connectivity index (χ0) is 16.5. The molecular weight excluding hydrogens is 288 g/mol. The number of guanidine groups is 1. The molecule has 2 N–H and O–H groups in total. The van der Waals surface area contributed by atoms with Gasteiger partial charge in [0.05, 0.1) is 12.3 Å². The molecule has 0 bridgehead atoms. The number of aliphatic imine (C=N–C) groups is 1. The first-order valence-electron chi connectivity index (χ1n) is 9.00. The van der Waals surface area contributed by atoms with Crippen molar-refractivity contribution < 1.29 is 4.42 Å². The fourth-order valence-electron chi connectivity index (χ4n) is 2.93. The summed E-state index contributed by atoms with van der Waals surface area (Å²) in [5.41, 5.74) is 0. The van der Waals surface area contributed by atoms with E-state index in [1.54, 1.807) is 6.26 Å². The summed E-state index contributed by atoms with van der Waals surface area (Å²) >= 11 is 0. The number of furan rings is 1. The van der Waals surface area contributed by atoms with Crippen LogP contribution in [0.3, 0.4) is 0 Å². The van der Waals surface area contributed by atoms with Crippen LogP contribution in [0, 0.1) is 5.92 Å². The summed E-state index contributed by atoms with van der Waals surface area (Å²) in [6.45, 7) is 11.3. The third-order valence-electron chi connectivity index (χ3n) is 4.12. The average molecular weight is 320 g/mol. The summed E-state index contributed by atoms with van der Waals surface area (Å²) in [6, 6.07) is 4.33. The van der Waals surface area contributed by atoms with Gasteiger partial charge in [-0.05, 0) is 50.9 Å². The summed E-state index contributed by atoms with van der Waals surface area (Å²) in [7, 11) is 0. The second-order valence-corrected chi connectivity index (χ2v) is 6.62. The monoisotopic (exact) mass is 320 g/mol. The van der Waals surface area contributed by atoms with Crippen LogP contribution in [0.1, 0.15) is 51.8 Å². The Morgan fingerprint density at radius 2 is 2.04 bits per heavy atom. The molecule has 23 heavy (non-hydrogen) atoms. The Hall–Kier alpha value is -1.49. The molecule has 1 saturated heterocycles.